The normalized spacial score (nSPS) is 11.4. The molecule has 0 amide bonds. The summed E-state index contributed by atoms with van der Waals surface area (Å²) in [5.41, 5.74) is 1.30. The highest BCUT2D eigenvalue weighted by Gasteiger charge is 2.14. The van der Waals surface area contributed by atoms with Crippen LogP contribution in [0.3, 0.4) is 0 Å². The van der Waals surface area contributed by atoms with Crippen LogP contribution in [0.15, 0.2) is 58.5 Å². The van der Waals surface area contributed by atoms with Crippen molar-refractivity contribution in [1.82, 2.24) is 9.55 Å². The van der Waals surface area contributed by atoms with Gasteiger partial charge in [-0.1, -0.05) is 50.0 Å². The number of aromatic nitrogens is 2. The number of halogens is 2. The predicted molar refractivity (Wildman–Crippen MR) is 127 cm³/mol. The van der Waals surface area contributed by atoms with Crippen LogP contribution in [0.4, 0.5) is 0 Å². The second-order valence-electron chi connectivity index (χ2n) is 8.14. The number of ether oxygens (including phenoxy) is 2. The van der Waals surface area contributed by atoms with Crippen LogP contribution in [0.5, 0.6) is 11.5 Å². The molecule has 1 aromatic heterocycles. The van der Waals surface area contributed by atoms with Gasteiger partial charge in [-0.05, 0) is 41.3 Å². The summed E-state index contributed by atoms with van der Waals surface area (Å²) in [4.78, 5) is 16.8. The summed E-state index contributed by atoms with van der Waals surface area (Å²) in [6.07, 6.45) is 1.71. The molecule has 0 aliphatic rings. The monoisotopic (exact) mass is 478 g/mol. The molecule has 31 heavy (non-hydrogen) atoms. The quantitative estimate of drug-likeness (QED) is 0.296. The van der Waals surface area contributed by atoms with Crippen molar-refractivity contribution in [3.05, 3.63) is 74.8 Å². The number of methoxy groups -OCH3 is 1. The van der Waals surface area contributed by atoms with Gasteiger partial charge >= 0.3 is 5.69 Å². The van der Waals surface area contributed by atoms with Gasteiger partial charge in [0.05, 0.1) is 29.4 Å². The highest BCUT2D eigenvalue weighted by atomic mass is 35.5. The van der Waals surface area contributed by atoms with Gasteiger partial charge in [0.1, 0.15) is 5.03 Å². The zero-order valence-electron chi connectivity index (χ0n) is 17.8. The molecule has 0 aliphatic heterocycles. The second-order valence-corrected chi connectivity index (χ2v) is 9.95. The van der Waals surface area contributed by atoms with Gasteiger partial charge in [-0.25, -0.2) is 4.79 Å². The molecule has 3 rings (SSSR count). The molecule has 0 radical (unpaired) electrons. The van der Waals surface area contributed by atoms with E-state index in [0.29, 0.717) is 44.6 Å². The van der Waals surface area contributed by atoms with Crippen molar-refractivity contribution in [1.29, 1.82) is 0 Å². The smallest absolute Gasteiger partial charge is 0.353 e. The lowest BCUT2D eigenvalue weighted by atomic mass is 9.99. The molecule has 3 aromatic rings. The Morgan fingerprint density at radius 1 is 1.03 bits per heavy atom. The minimum absolute atomic E-state index is 0.0232. The minimum atomic E-state index is -0.371. The maximum atomic E-state index is 12.6. The van der Waals surface area contributed by atoms with Crippen LogP contribution in [0.1, 0.15) is 26.3 Å². The zero-order chi connectivity index (χ0) is 22.6. The first-order chi connectivity index (χ1) is 14.7. The summed E-state index contributed by atoms with van der Waals surface area (Å²) >= 11 is 13.5. The van der Waals surface area contributed by atoms with Crippen LogP contribution in [0.2, 0.25) is 10.0 Å². The van der Waals surface area contributed by atoms with E-state index in [-0.39, 0.29) is 11.1 Å². The van der Waals surface area contributed by atoms with Crippen molar-refractivity contribution in [2.24, 2.45) is 5.41 Å². The Hall–Kier alpha value is -2.15. The lowest BCUT2D eigenvalue weighted by Gasteiger charge is -2.20. The Labute approximate surface area is 196 Å². The largest absolute Gasteiger partial charge is 0.493 e. The van der Waals surface area contributed by atoms with E-state index < -0.39 is 0 Å². The summed E-state index contributed by atoms with van der Waals surface area (Å²) in [7, 11) is 1.58. The molecule has 5 nitrogen and oxygen atoms in total. The van der Waals surface area contributed by atoms with Crippen LogP contribution >= 0.6 is 35.0 Å². The molecule has 0 fully saturated rings. The maximum absolute atomic E-state index is 12.6. The van der Waals surface area contributed by atoms with Crippen molar-refractivity contribution in [3.8, 4) is 17.2 Å². The molecule has 8 heteroatoms. The van der Waals surface area contributed by atoms with Gasteiger partial charge in [0.2, 0.25) is 0 Å². The molecular formula is C23H24Cl2N2O3S. The standard InChI is InChI=1S/C23H24Cl2N2O3S/c1-23(2,3)14-30-19-8-6-16(12-20(19)29-4)27-10-9-21(26-22(27)28)31-13-15-5-7-17(24)18(25)11-15/h5-12H,13-14H2,1-4H3. The van der Waals surface area contributed by atoms with Crippen LogP contribution in [0, 0.1) is 5.41 Å². The third-order valence-corrected chi connectivity index (χ3v) is 5.97. The fourth-order valence-corrected chi connectivity index (χ4v) is 3.79. The summed E-state index contributed by atoms with van der Waals surface area (Å²) < 4.78 is 12.8. The number of rotatable bonds is 7. The van der Waals surface area contributed by atoms with Gasteiger partial charge in [-0.2, -0.15) is 4.98 Å². The predicted octanol–water partition coefficient (Wildman–Crippen LogP) is 6.27. The van der Waals surface area contributed by atoms with Crippen molar-refractivity contribution >= 4 is 35.0 Å². The molecule has 164 valence electrons. The Morgan fingerprint density at radius 3 is 2.45 bits per heavy atom. The minimum Gasteiger partial charge on any atom is -0.493 e. The molecule has 2 aromatic carbocycles. The lowest BCUT2D eigenvalue weighted by molar-refractivity contribution is 0.191. The van der Waals surface area contributed by atoms with E-state index in [0.717, 1.165) is 5.56 Å². The van der Waals surface area contributed by atoms with E-state index in [9.17, 15) is 4.79 Å². The van der Waals surface area contributed by atoms with Crippen molar-refractivity contribution in [3.63, 3.8) is 0 Å². The highest BCUT2D eigenvalue weighted by molar-refractivity contribution is 7.98. The van der Waals surface area contributed by atoms with Crippen LogP contribution in [-0.2, 0) is 5.75 Å². The highest BCUT2D eigenvalue weighted by Crippen LogP contribution is 2.31. The first-order valence-corrected chi connectivity index (χ1v) is 11.4. The van der Waals surface area contributed by atoms with E-state index >= 15 is 0 Å². The third kappa shape index (κ3) is 6.42. The molecule has 0 bridgehead atoms. The molecule has 0 atom stereocenters. The number of thioether (sulfide) groups is 1. The SMILES string of the molecule is COc1cc(-n2ccc(SCc3ccc(Cl)c(Cl)c3)nc2=O)ccc1OCC(C)(C)C. The number of benzene rings is 2. The van der Waals surface area contributed by atoms with Gasteiger partial charge in [-0.15, -0.1) is 11.8 Å². The summed E-state index contributed by atoms with van der Waals surface area (Å²) in [5, 5.41) is 1.65. The van der Waals surface area contributed by atoms with Gasteiger partial charge in [0.15, 0.2) is 11.5 Å². The Morgan fingerprint density at radius 2 is 1.81 bits per heavy atom. The fourth-order valence-electron chi connectivity index (χ4n) is 2.67. The van der Waals surface area contributed by atoms with Crippen LogP contribution in [0.25, 0.3) is 5.69 Å². The van der Waals surface area contributed by atoms with Crippen molar-refractivity contribution in [2.75, 3.05) is 13.7 Å². The van der Waals surface area contributed by atoms with E-state index in [2.05, 4.69) is 25.8 Å². The maximum Gasteiger partial charge on any atom is 0.353 e. The van der Waals surface area contributed by atoms with Crippen molar-refractivity contribution in [2.45, 2.75) is 31.6 Å². The molecule has 1 heterocycles. The molecule has 0 saturated heterocycles. The second kappa shape index (κ2) is 9.98. The summed E-state index contributed by atoms with van der Waals surface area (Å²) in [6, 6.07) is 12.7. The van der Waals surface area contributed by atoms with Crippen LogP contribution < -0.4 is 15.2 Å². The Bertz CT molecular complexity index is 1130. The van der Waals surface area contributed by atoms with Gasteiger partial charge in [-0.3, -0.25) is 4.57 Å². The topological polar surface area (TPSA) is 53.4 Å². The number of nitrogens with zero attached hydrogens (tertiary/aromatic N) is 2. The van der Waals surface area contributed by atoms with Gasteiger partial charge in [0, 0.05) is 18.0 Å². The molecule has 0 N–H and O–H groups in total. The van der Waals surface area contributed by atoms with E-state index in [1.165, 1.54) is 16.3 Å². The molecular weight excluding hydrogens is 455 g/mol. The molecule has 0 aliphatic carbocycles. The zero-order valence-corrected chi connectivity index (χ0v) is 20.1. The van der Waals surface area contributed by atoms with Gasteiger partial charge < -0.3 is 9.47 Å². The average Bonchev–Trinajstić information content (AvgIpc) is 2.72. The summed E-state index contributed by atoms with van der Waals surface area (Å²) in [5.74, 6) is 1.82. The van der Waals surface area contributed by atoms with E-state index in [4.69, 9.17) is 32.7 Å². The third-order valence-electron chi connectivity index (χ3n) is 4.23. The Balaban J connectivity index is 1.76. The number of hydrogen-bond acceptors (Lipinski definition) is 5. The molecule has 0 saturated carbocycles. The van der Waals surface area contributed by atoms with Gasteiger partial charge in [0.25, 0.3) is 0 Å². The first-order valence-electron chi connectivity index (χ1n) is 9.64. The molecule has 0 spiro atoms. The fraction of sp³-hybridized carbons (Fsp3) is 0.304. The first kappa shape index (κ1) is 23.5. The number of hydrogen-bond donors (Lipinski definition) is 0. The Kier molecular flexibility index (Phi) is 7.57. The average molecular weight is 479 g/mol. The summed E-state index contributed by atoms with van der Waals surface area (Å²) in [6.45, 7) is 6.84. The lowest BCUT2D eigenvalue weighted by Crippen LogP contribution is -2.21. The van der Waals surface area contributed by atoms with Crippen LogP contribution in [-0.4, -0.2) is 23.3 Å². The van der Waals surface area contributed by atoms with E-state index in [1.807, 2.05) is 18.2 Å². The van der Waals surface area contributed by atoms with E-state index in [1.54, 1.807) is 37.6 Å². The van der Waals surface area contributed by atoms with Crippen molar-refractivity contribution < 1.29 is 9.47 Å². The molecule has 0 unspecified atom stereocenters.